The van der Waals surface area contributed by atoms with Crippen LogP contribution in [0.4, 0.5) is 11.4 Å². The Hall–Kier alpha value is -2.93. The lowest BCUT2D eigenvalue weighted by atomic mass is 10.2. The average Bonchev–Trinajstić information content (AvgIpc) is 2.64. The van der Waals surface area contributed by atoms with Crippen LogP contribution in [0.1, 0.15) is 12.0 Å². The number of rotatable bonds is 7. The standard InChI is InChI=1S/C19H23ClN4O3/c1-12-4-6-15(14(20)10-12)24-18(25)8-9-22-19(21)23-13-5-7-16(26-2)17(11-13)27-3/h4-7,10-11H,8-9H2,1-3H3,(H,24,25)(H3,21,22,23). The highest BCUT2D eigenvalue weighted by Crippen LogP contribution is 2.29. The first kappa shape index (κ1) is 20.4. The SMILES string of the molecule is COc1ccc(NC(N)=NCCC(=O)Nc2ccc(C)cc2Cl)cc1OC. The molecule has 2 aromatic rings. The summed E-state index contributed by atoms with van der Waals surface area (Å²) in [5, 5.41) is 6.20. The van der Waals surface area contributed by atoms with Crippen LogP contribution in [0.15, 0.2) is 41.4 Å². The molecule has 0 atom stereocenters. The molecule has 1 amide bonds. The molecule has 0 saturated carbocycles. The summed E-state index contributed by atoms with van der Waals surface area (Å²) in [6, 6.07) is 10.7. The number of carbonyl (C=O) groups is 1. The quantitative estimate of drug-likeness (QED) is 0.497. The van der Waals surface area contributed by atoms with E-state index in [0.717, 1.165) is 5.56 Å². The van der Waals surface area contributed by atoms with E-state index in [1.54, 1.807) is 44.6 Å². The Labute approximate surface area is 163 Å². The second-order valence-electron chi connectivity index (χ2n) is 5.74. The van der Waals surface area contributed by atoms with Gasteiger partial charge in [-0.25, -0.2) is 0 Å². The second kappa shape index (κ2) is 9.68. The number of methoxy groups -OCH3 is 2. The molecule has 2 aromatic carbocycles. The first-order chi connectivity index (χ1) is 12.9. The highest BCUT2D eigenvalue weighted by Gasteiger charge is 2.07. The molecule has 0 aliphatic rings. The number of nitrogens with one attached hydrogen (secondary N) is 2. The number of guanidine groups is 1. The summed E-state index contributed by atoms with van der Waals surface area (Å²) in [6.07, 6.45) is 0.179. The third-order valence-electron chi connectivity index (χ3n) is 3.68. The summed E-state index contributed by atoms with van der Waals surface area (Å²) in [6.45, 7) is 2.17. The molecular weight excluding hydrogens is 368 g/mol. The van der Waals surface area contributed by atoms with Crippen molar-refractivity contribution in [1.82, 2.24) is 0 Å². The number of aryl methyl sites for hydroxylation is 1. The zero-order valence-electron chi connectivity index (χ0n) is 15.5. The van der Waals surface area contributed by atoms with E-state index in [4.69, 9.17) is 26.8 Å². The maximum atomic E-state index is 12.0. The number of halogens is 1. The molecule has 8 heteroatoms. The number of aliphatic imine (C=N–C) groups is 1. The van der Waals surface area contributed by atoms with Gasteiger partial charge in [0.25, 0.3) is 0 Å². The third kappa shape index (κ3) is 6.07. The topological polar surface area (TPSA) is 98.0 Å². The van der Waals surface area contributed by atoms with Gasteiger partial charge < -0.3 is 25.8 Å². The van der Waals surface area contributed by atoms with Crippen molar-refractivity contribution in [3.63, 3.8) is 0 Å². The van der Waals surface area contributed by atoms with Crippen molar-refractivity contribution in [3.05, 3.63) is 47.0 Å². The van der Waals surface area contributed by atoms with E-state index in [-0.39, 0.29) is 24.8 Å². The molecule has 0 aliphatic heterocycles. The smallest absolute Gasteiger partial charge is 0.226 e. The second-order valence-corrected chi connectivity index (χ2v) is 6.15. The number of benzene rings is 2. The molecule has 0 radical (unpaired) electrons. The lowest BCUT2D eigenvalue weighted by molar-refractivity contribution is -0.116. The molecule has 2 rings (SSSR count). The molecular formula is C19H23ClN4O3. The van der Waals surface area contributed by atoms with Crippen molar-refractivity contribution in [2.45, 2.75) is 13.3 Å². The van der Waals surface area contributed by atoms with Crippen LogP contribution in [0.25, 0.3) is 0 Å². The van der Waals surface area contributed by atoms with Gasteiger partial charge >= 0.3 is 0 Å². The van der Waals surface area contributed by atoms with Gasteiger partial charge in [0, 0.05) is 18.2 Å². The monoisotopic (exact) mass is 390 g/mol. The van der Waals surface area contributed by atoms with Gasteiger partial charge in [-0.2, -0.15) is 0 Å². The predicted molar refractivity (Wildman–Crippen MR) is 109 cm³/mol. The van der Waals surface area contributed by atoms with E-state index < -0.39 is 0 Å². The molecule has 0 bridgehead atoms. The van der Waals surface area contributed by atoms with Gasteiger partial charge in [-0.15, -0.1) is 0 Å². The molecule has 0 unspecified atom stereocenters. The number of carbonyl (C=O) groups excluding carboxylic acids is 1. The van der Waals surface area contributed by atoms with Gasteiger partial charge in [0.05, 0.1) is 31.5 Å². The summed E-state index contributed by atoms with van der Waals surface area (Å²) in [4.78, 5) is 16.2. The maximum absolute atomic E-state index is 12.0. The van der Waals surface area contributed by atoms with Crippen LogP contribution in [0.2, 0.25) is 5.02 Å². The van der Waals surface area contributed by atoms with E-state index in [1.807, 2.05) is 13.0 Å². The zero-order valence-corrected chi connectivity index (χ0v) is 16.3. The Kier molecular flexibility index (Phi) is 7.31. The summed E-state index contributed by atoms with van der Waals surface area (Å²) < 4.78 is 10.4. The number of ether oxygens (including phenoxy) is 2. The van der Waals surface area contributed by atoms with Crippen molar-refractivity contribution in [3.8, 4) is 11.5 Å². The van der Waals surface area contributed by atoms with E-state index in [0.29, 0.717) is 27.9 Å². The van der Waals surface area contributed by atoms with Crippen LogP contribution in [0, 0.1) is 6.92 Å². The Morgan fingerprint density at radius 1 is 1.11 bits per heavy atom. The van der Waals surface area contributed by atoms with Gasteiger partial charge in [0.1, 0.15) is 0 Å². The molecule has 7 nitrogen and oxygen atoms in total. The van der Waals surface area contributed by atoms with Crippen molar-refractivity contribution >= 4 is 34.8 Å². The number of anilines is 2. The van der Waals surface area contributed by atoms with Gasteiger partial charge in [-0.05, 0) is 36.8 Å². The molecule has 0 spiro atoms. The average molecular weight is 391 g/mol. The number of amides is 1. The number of nitrogens with zero attached hydrogens (tertiary/aromatic N) is 1. The normalized spacial score (nSPS) is 11.0. The minimum Gasteiger partial charge on any atom is -0.493 e. The molecule has 0 heterocycles. The lowest BCUT2D eigenvalue weighted by Crippen LogP contribution is -2.23. The van der Waals surface area contributed by atoms with E-state index in [2.05, 4.69) is 15.6 Å². The molecule has 0 aliphatic carbocycles. The molecule has 144 valence electrons. The first-order valence-electron chi connectivity index (χ1n) is 8.28. The minimum atomic E-state index is -0.191. The van der Waals surface area contributed by atoms with Crippen LogP contribution in [-0.4, -0.2) is 32.6 Å². The number of hydrogen-bond donors (Lipinski definition) is 3. The number of hydrogen-bond acceptors (Lipinski definition) is 4. The summed E-state index contributed by atoms with van der Waals surface area (Å²) in [7, 11) is 3.12. The highest BCUT2D eigenvalue weighted by molar-refractivity contribution is 6.33. The Morgan fingerprint density at radius 2 is 1.85 bits per heavy atom. The van der Waals surface area contributed by atoms with Crippen molar-refractivity contribution in [1.29, 1.82) is 0 Å². The Bertz CT molecular complexity index is 840. The van der Waals surface area contributed by atoms with Gasteiger partial charge in [-0.3, -0.25) is 9.79 Å². The van der Waals surface area contributed by atoms with Crippen LogP contribution in [-0.2, 0) is 4.79 Å². The van der Waals surface area contributed by atoms with Crippen molar-refractivity contribution in [2.75, 3.05) is 31.4 Å². The first-order valence-corrected chi connectivity index (χ1v) is 8.65. The summed E-state index contributed by atoms with van der Waals surface area (Å²) >= 11 is 6.10. The molecule has 0 aromatic heterocycles. The molecule has 4 N–H and O–H groups in total. The third-order valence-corrected chi connectivity index (χ3v) is 3.99. The van der Waals surface area contributed by atoms with Crippen molar-refractivity contribution in [2.24, 2.45) is 10.7 Å². The van der Waals surface area contributed by atoms with Crippen LogP contribution >= 0.6 is 11.6 Å². The van der Waals surface area contributed by atoms with Crippen LogP contribution in [0.5, 0.6) is 11.5 Å². The van der Waals surface area contributed by atoms with E-state index in [1.165, 1.54) is 0 Å². The highest BCUT2D eigenvalue weighted by atomic mass is 35.5. The summed E-state index contributed by atoms with van der Waals surface area (Å²) in [5.74, 6) is 1.20. The molecule has 0 fully saturated rings. The van der Waals surface area contributed by atoms with E-state index in [9.17, 15) is 4.79 Å². The predicted octanol–water partition coefficient (Wildman–Crippen LogP) is 3.42. The molecule has 27 heavy (non-hydrogen) atoms. The fourth-order valence-electron chi connectivity index (χ4n) is 2.31. The maximum Gasteiger partial charge on any atom is 0.226 e. The number of nitrogens with two attached hydrogens (primary N) is 1. The Morgan fingerprint density at radius 3 is 2.52 bits per heavy atom. The fourth-order valence-corrected chi connectivity index (χ4v) is 2.60. The van der Waals surface area contributed by atoms with Gasteiger partial charge in [0.15, 0.2) is 17.5 Å². The fraction of sp³-hybridized carbons (Fsp3) is 0.263. The van der Waals surface area contributed by atoms with E-state index >= 15 is 0 Å². The Balaban J connectivity index is 1.87. The molecule has 0 saturated heterocycles. The lowest BCUT2D eigenvalue weighted by Gasteiger charge is -2.11. The van der Waals surface area contributed by atoms with Crippen LogP contribution in [0.3, 0.4) is 0 Å². The largest absolute Gasteiger partial charge is 0.493 e. The summed E-state index contributed by atoms with van der Waals surface area (Å²) in [5.41, 5.74) is 8.16. The zero-order chi connectivity index (χ0) is 19.8. The van der Waals surface area contributed by atoms with Crippen molar-refractivity contribution < 1.29 is 14.3 Å². The van der Waals surface area contributed by atoms with Gasteiger partial charge in [0.2, 0.25) is 5.91 Å². The minimum absolute atomic E-state index is 0.179. The van der Waals surface area contributed by atoms with Gasteiger partial charge in [-0.1, -0.05) is 17.7 Å². The van der Waals surface area contributed by atoms with Crippen LogP contribution < -0.4 is 25.8 Å².